The highest BCUT2D eigenvalue weighted by molar-refractivity contribution is 7.99. The van der Waals surface area contributed by atoms with E-state index in [2.05, 4.69) is 20.3 Å². The minimum absolute atomic E-state index is 0.0904. The number of para-hydroxylation sites is 1. The van der Waals surface area contributed by atoms with Crippen molar-refractivity contribution in [2.75, 3.05) is 11.9 Å². The van der Waals surface area contributed by atoms with Gasteiger partial charge in [0, 0.05) is 18.0 Å². The van der Waals surface area contributed by atoms with Crippen LogP contribution in [0, 0.1) is 10.1 Å². The van der Waals surface area contributed by atoms with Crippen LogP contribution in [0.1, 0.15) is 6.92 Å². The summed E-state index contributed by atoms with van der Waals surface area (Å²) in [7, 11) is 0. The van der Waals surface area contributed by atoms with Gasteiger partial charge in [-0.2, -0.15) is 9.38 Å². The summed E-state index contributed by atoms with van der Waals surface area (Å²) in [6, 6.07) is 12.9. The van der Waals surface area contributed by atoms with Gasteiger partial charge >= 0.3 is 5.82 Å². The van der Waals surface area contributed by atoms with Gasteiger partial charge in [0.15, 0.2) is 5.16 Å². The number of nitrogens with one attached hydrogen (secondary N) is 1. The van der Waals surface area contributed by atoms with Crippen LogP contribution >= 0.6 is 11.8 Å². The summed E-state index contributed by atoms with van der Waals surface area (Å²) in [4.78, 5) is 24.5. The van der Waals surface area contributed by atoms with Crippen molar-refractivity contribution in [1.29, 1.82) is 0 Å². The molecule has 0 amide bonds. The van der Waals surface area contributed by atoms with E-state index in [9.17, 15) is 10.1 Å². The van der Waals surface area contributed by atoms with Gasteiger partial charge in [-0.1, -0.05) is 18.2 Å². The molecule has 9 heteroatoms. The van der Waals surface area contributed by atoms with Crippen molar-refractivity contribution in [2.45, 2.75) is 17.1 Å². The number of fused-ring (bicyclic) bond motifs is 2. The zero-order valence-electron chi connectivity index (χ0n) is 13.8. The Morgan fingerprint density at radius 1 is 1.15 bits per heavy atom. The Morgan fingerprint density at radius 2 is 1.96 bits per heavy atom. The third-order valence-electron chi connectivity index (χ3n) is 3.76. The summed E-state index contributed by atoms with van der Waals surface area (Å²) in [6.45, 7) is 2.69. The molecular weight excluding hydrogens is 352 g/mol. The van der Waals surface area contributed by atoms with Crippen LogP contribution in [0.4, 0.5) is 11.6 Å². The molecule has 0 saturated carbocycles. The average Bonchev–Trinajstić information content (AvgIpc) is 3.00. The second-order valence-electron chi connectivity index (χ2n) is 5.43. The Kier molecular flexibility index (Phi) is 4.13. The molecule has 130 valence electrons. The van der Waals surface area contributed by atoms with E-state index < -0.39 is 4.92 Å². The minimum atomic E-state index is -0.436. The van der Waals surface area contributed by atoms with Crippen molar-refractivity contribution in [3.8, 4) is 0 Å². The maximum Gasteiger partial charge on any atom is 0.362 e. The fraction of sp³-hybridized carbons (Fsp3) is 0.118. The topological polar surface area (TPSA) is 98.2 Å². The molecule has 0 aliphatic carbocycles. The van der Waals surface area contributed by atoms with Crippen molar-refractivity contribution >= 4 is 39.9 Å². The van der Waals surface area contributed by atoms with Crippen molar-refractivity contribution in [3.05, 3.63) is 58.8 Å². The van der Waals surface area contributed by atoms with E-state index in [4.69, 9.17) is 0 Å². The largest absolute Gasteiger partial charge is 0.370 e. The third-order valence-corrected chi connectivity index (χ3v) is 4.59. The quantitative estimate of drug-likeness (QED) is 0.326. The van der Waals surface area contributed by atoms with Gasteiger partial charge in [0.2, 0.25) is 10.7 Å². The lowest BCUT2D eigenvalue weighted by Crippen LogP contribution is -2.02. The van der Waals surface area contributed by atoms with Crippen LogP contribution in [0.15, 0.2) is 58.8 Å². The van der Waals surface area contributed by atoms with Gasteiger partial charge in [-0.15, -0.1) is 0 Å². The van der Waals surface area contributed by atoms with E-state index in [1.54, 1.807) is 24.4 Å². The van der Waals surface area contributed by atoms with Gasteiger partial charge in [0.25, 0.3) is 0 Å². The summed E-state index contributed by atoms with van der Waals surface area (Å²) < 4.78 is 1.45. The van der Waals surface area contributed by atoms with E-state index >= 15 is 0 Å². The average molecular weight is 366 g/mol. The molecule has 3 aromatic heterocycles. The lowest BCUT2D eigenvalue weighted by Gasteiger charge is -2.08. The molecule has 0 bridgehead atoms. The van der Waals surface area contributed by atoms with Crippen LogP contribution in [0.3, 0.4) is 0 Å². The minimum Gasteiger partial charge on any atom is -0.370 e. The van der Waals surface area contributed by atoms with Gasteiger partial charge in [-0.3, -0.25) is 0 Å². The number of nitrogens with zero attached hydrogens (tertiary/aromatic N) is 5. The van der Waals surface area contributed by atoms with Crippen LogP contribution in [-0.2, 0) is 0 Å². The number of pyridine rings is 1. The van der Waals surface area contributed by atoms with Crippen LogP contribution in [0.25, 0.3) is 16.6 Å². The summed E-state index contributed by atoms with van der Waals surface area (Å²) in [5, 5.41) is 16.3. The molecule has 1 aromatic carbocycles. The van der Waals surface area contributed by atoms with Gasteiger partial charge in [0.1, 0.15) is 5.82 Å². The first-order chi connectivity index (χ1) is 12.7. The molecule has 0 saturated heterocycles. The molecule has 26 heavy (non-hydrogen) atoms. The van der Waals surface area contributed by atoms with Crippen LogP contribution in [0.5, 0.6) is 0 Å². The number of anilines is 1. The first-order valence-corrected chi connectivity index (χ1v) is 8.79. The SMILES string of the molecule is CCNc1nc(Sc2nc3ccccn3c2[N+](=O)[O-])nc2ccccc12. The van der Waals surface area contributed by atoms with Gasteiger partial charge in [-0.25, -0.2) is 9.97 Å². The smallest absolute Gasteiger partial charge is 0.362 e. The second kappa shape index (κ2) is 6.60. The van der Waals surface area contributed by atoms with E-state index in [0.717, 1.165) is 22.7 Å². The molecule has 4 aromatic rings. The van der Waals surface area contributed by atoms with Gasteiger partial charge in [0.05, 0.1) is 11.7 Å². The first kappa shape index (κ1) is 16.3. The molecular formula is C17H14N6O2S. The highest BCUT2D eigenvalue weighted by atomic mass is 32.2. The van der Waals surface area contributed by atoms with Crippen molar-refractivity contribution < 1.29 is 4.92 Å². The zero-order chi connectivity index (χ0) is 18.1. The highest BCUT2D eigenvalue weighted by Crippen LogP contribution is 2.34. The lowest BCUT2D eigenvalue weighted by molar-refractivity contribution is -0.393. The van der Waals surface area contributed by atoms with Crippen molar-refractivity contribution in [3.63, 3.8) is 0 Å². The molecule has 0 fully saturated rings. The lowest BCUT2D eigenvalue weighted by atomic mass is 10.2. The van der Waals surface area contributed by atoms with Gasteiger partial charge < -0.3 is 15.4 Å². The second-order valence-corrected chi connectivity index (χ2v) is 6.39. The maximum atomic E-state index is 11.5. The molecule has 4 rings (SSSR count). The Hall–Kier alpha value is -3.20. The number of nitro groups is 1. The Bertz CT molecular complexity index is 1130. The van der Waals surface area contributed by atoms with Crippen LogP contribution in [-0.4, -0.2) is 30.8 Å². The summed E-state index contributed by atoms with van der Waals surface area (Å²) in [6.07, 6.45) is 1.62. The Morgan fingerprint density at radius 3 is 2.77 bits per heavy atom. The third kappa shape index (κ3) is 2.82. The number of hydrogen-bond donors (Lipinski definition) is 1. The number of aromatic nitrogens is 4. The van der Waals surface area contributed by atoms with E-state index in [1.165, 1.54) is 4.40 Å². The molecule has 0 spiro atoms. The predicted octanol–water partition coefficient (Wildman–Crippen LogP) is 3.77. The van der Waals surface area contributed by atoms with Crippen LogP contribution < -0.4 is 5.32 Å². The summed E-state index contributed by atoms with van der Waals surface area (Å²) in [5.74, 6) is 0.611. The fourth-order valence-electron chi connectivity index (χ4n) is 2.69. The summed E-state index contributed by atoms with van der Waals surface area (Å²) >= 11 is 1.09. The van der Waals surface area contributed by atoms with E-state index in [0.29, 0.717) is 23.2 Å². The fourth-order valence-corrected chi connectivity index (χ4v) is 3.54. The zero-order valence-corrected chi connectivity index (χ0v) is 14.6. The number of benzene rings is 1. The maximum absolute atomic E-state index is 11.5. The Labute approximate surface area is 152 Å². The molecule has 0 unspecified atom stereocenters. The predicted molar refractivity (Wildman–Crippen MR) is 99.7 cm³/mol. The van der Waals surface area contributed by atoms with Crippen LogP contribution in [0.2, 0.25) is 0 Å². The van der Waals surface area contributed by atoms with Crippen molar-refractivity contribution in [1.82, 2.24) is 19.4 Å². The summed E-state index contributed by atoms with van der Waals surface area (Å²) in [5.41, 5.74) is 1.28. The molecule has 3 heterocycles. The monoisotopic (exact) mass is 366 g/mol. The van der Waals surface area contributed by atoms with E-state index in [-0.39, 0.29) is 10.8 Å². The Balaban J connectivity index is 1.84. The molecule has 0 aliphatic rings. The number of imidazole rings is 1. The molecule has 0 aliphatic heterocycles. The molecule has 1 N–H and O–H groups in total. The molecule has 8 nitrogen and oxygen atoms in total. The first-order valence-electron chi connectivity index (χ1n) is 7.97. The normalized spacial score (nSPS) is 11.1. The molecule has 0 radical (unpaired) electrons. The number of rotatable bonds is 5. The highest BCUT2D eigenvalue weighted by Gasteiger charge is 2.24. The number of hydrogen-bond acceptors (Lipinski definition) is 7. The van der Waals surface area contributed by atoms with E-state index in [1.807, 2.05) is 31.2 Å². The van der Waals surface area contributed by atoms with Gasteiger partial charge in [-0.05, 0) is 41.8 Å². The van der Waals surface area contributed by atoms with Crippen molar-refractivity contribution in [2.24, 2.45) is 0 Å². The molecule has 0 atom stereocenters. The standard InChI is InChI=1S/C17H14N6O2S/c1-2-18-14-11-7-3-4-8-12(11)19-17(21-14)26-15-16(23(24)25)22-10-6-5-9-13(22)20-15/h3-10H,2H2,1H3,(H,18,19,21).